The van der Waals surface area contributed by atoms with Crippen LogP contribution in [0.4, 0.5) is 0 Å². The zero-order valence-electron chi connectivity index (χ0n) is 11.9. The van der Waals surface area contributed by atoms with E-state index < -0.39 is 0 Å². The summed E-state index contributed by atoms with van der Waals surface area (Å²) in [7, 11) is 3.40. The van der Waals surface area contributed by atoms with Crippen molar-refractivity contribution in [1.82, 2.24) is 15.1 Å². The SMILES string of the molecule is CCCNC(COC)c1c(OC)cnn1CCC. The summed E-state index contributed by atoms with van der Waals surface area (Å²) in [6.07, 6.45) is 3.91. The summed E-state index contributed by atoms with van der Waals surface area (Å²) in [6, 6.07) is 0.124. The first-order valence-electron chi connectivity index (χ1n) is 6.60. The summed E-state index contributed by atoms with van der Waals surface area (Å²) >= 11 is 0. The number of nitrogens with zero attached hydrogens (tertiary/aromatic N) is 2. The van der Waals surface area contributed by atoms with Crippen molar-refractivity contribution in [2.45, 2.75) is 39.3 Å². The molecule has 0 saturated heterocycles. The van der Waals surface area contributed by atoms with E-state index >= 15 is 0 Å². The topological polar surface area (TPSA) is 48.3 Å². The number of methoxy groups -OCH3 is 2. The summed E-state index contributed by atoms with van der Waals surface area (Å²) in [5.41, 5.74) is 1.08. The monoisotopic (exact) mass is 255 g/mol. The number of hydrogen-bond acceptors (Lipinski definition) is 4. The highest BCUT2D eigenvalue weighted by Gasteiger charge is 2.21. The zero-order chi connectivity index (χ0) is 13.4. The highest BCUT2D eigenvalue weighted by molar-refractivity contribution is 5.28. The molecular formula is C13H25N3O2. The number of aromatic nitrogens is 2. The molecule has 1 rings (SSSR count). The van der Waals surface area contributed by atoms with E-state index in [0.29, 0.717) is 6.61 Å². The molecule has 1 heterocycles. The van der Waals surface area contributed by atoms with E-state index in [0.717, 1.165) is 37.4 Å². The summed E-state index contributed by atoms with van der Waals surface area (Å²) in [6.45, 7) is 6.76. The van der Waals surface area contributed by atoms with Gasteiger partial charge in [0, 0.05) is 13.7 Å². The van der Waals surface area contributed by atoms with Gasteiger partial charge in [0.2, 0.25) is 0 Å². The fourth-order valence-corrected chi connectivity index (χ4v) is 2.00. The predicted molar refractivity (Wildman–Crippen MR) is 72.0 cm³/mol. The molecule has 5 heteroatoms. The van der Waals surface area contributed by atoms with Gasteiger partial charge in [0.15, 0.2) is 5.75 Å². The standard InChI is InChI=1S/C13H25N3O2/c1-5-7-14-11(10-17-3)13-12(18-4)9-15-16(13)8-6-2/h9,11,14H,5-8,10H2,1-4H3. The second-order valence-corrected chi connectivity index (χ2v) is 4.28. The first-order chi connectivity index (χ1) is 8.78. The van der Waals surface area contributed by atoms with E-state index in [9.17, 15) is 0 Å². The zero-order valence-corrected chi connectivity index (χ0v) is 11.9. The Labute approximate surface area is 109 Å². The largest absolute Gasteiger partial charge is 0.493 e. The Balaban J connectivity index is 2.94. The maximum absolute atomic E-state index is 5.40. The Morgan fingerprint density at radius 3 is 2.67 bits per heavy atom. The molecule has 1 unspecified atom stereocenters. The lowest BCUT2D eigenvalue weighted by Crippen LogP contribution is -2.28. The molecule has 104 valence electrons. The van der Waals surface area contributed by atoms with Crippen LogP contribution in [0.2, 0.25) is 0 Å². The van der Waals surface area contributed by atoms with Crippen molar-refractivity contribution < 1.29 is 9.47 Å². The van der Waals surface area contributed by atoms with Crippen molar-refractivity contribution in [3.8, 4) is 5.75 Å². The minimum Gasteiger partial charge on any atom is -0.493 e. The van der Waals surface area contributed by atoms with Crippen LogP contribution in [0.1, 0.15) is 38.4 Å². The minimum atomic E-state index is 0.124. The Bertz CT molecular complexity index is 339. The highest BCUT2D eigenvalue weighted by Crippen LogP contribution is 2.25. The van der Waals surface area contributed by atoms with Crippen LogP contribution < -0.4 is 10.1 Å². The smallest absolute Gasteiger partial charge is 0.161 e. The van der Waals surface area contributed by atoms with Crippen LogP contribution in [0.25, 0.3) is 0 Å². The Morgan fingerprint density at radius 2 is 2.11 bits per heavy atom. The Hall–Kier alpha value is -1.07. The van der Waals surface area contributed by atoms with Crippen molar-refractivity contribution in [3.05, 3.63) is 11.9 Å². The van der Waals surface area contributed by atoms with E-state index in [-0.39, 0.29) is 6.04 Å². The predicted octanol–water partition coefficient (Wildman–Crippen LogP) is 1.99. The van der Waals surface area contributed by atoms with Gasteiger partial charge < -0.3 is 14.8 Å². The van der Waals surface area contributed by atoms with Gasteiger partial charge in [-0.25, -0.2) is 0 Å². The Kier molecular flexibility index (Phi) is 6.75. The van der Waals surface area contributed by atoms with Gasteiger partial charge in [0.25, 0.3) is 0 Å². The van der Waals surface area contributed by atoms with Crippen LogP contribution >= 0.6 is 0 Å². The fraction of sp³-hybridized carbons (Fsp3) is 0.769. The van der Waals surface area contributed by atoms with Crippen LogP contribution in [0.15, 0.2) is 6.20 Å². The molecule has 0 fully saturated rings. The van der Waals surface area contributed by atoms with E-state index in [1.165, 1.54) is 0 Å². The summed E-state index contributed by atoms with van der Waals surface area (Å²) in [4.78, 5) is 0. The molecular weight excluding hydrogens is 230 g/mol. The minimum absolute atomic E-state index is 0.124. The number of hydrogen-bond donors (Lipinski definition) is 1. The van der Waals surface area contributed by atoms with Crippen LogP contribution in [0.3, 0.4) is 0 Å². The highest BCUT2D eigenvalue weighted by atomic mass is 16.5. The molecule has 0 aliphatic carbocycles. The van der Waals surface area contributed by atoms with E-state index in [1.807, 2.05) is 4.68 Å². The molecule has 0 radical (unpaired) electrons. The average Bonchev–Trinajstić information content (AvgIpc) is 2.78. The summed E-state index contributed by atoms with van der Waals surface area (Å²) in [5.74, 6) is 0.828. The molecule has 0 aromatic carbocycles. The van der Waals surface area contributed by atoms with Crippen molar-refractivity contribution in [2.75, 3.05) is 27.4 Å². The fourth-order valence-electron chi connectivity index (χ4n) is 2.00. The van der Waals surface area contributed by atoms with Gasteiger partial charge in [0.05, 0.1) is 31.6 Å². The lowest BCUT2D eigenvalue weighted by atomic mass is 10.2. The molecule has 0 amide bonds. The quantitative estimate of drug-likeness (QED) is 0.733. The van der Waals surface area contributed by atoms with E-state index in [4.69, 9.17) is 9.47 Å². The summed E-state index contributed by atoms with van der Waals surface area (Å²) in [5, 5.41) is 7.86. The second-order valence-electron chi connectivity index (χ2n) is 4.28. The molecule has 1 aromatic heterocycles. The summed E-state index contributed by atoms with van der Waals surface area (Å²) < 4.78 is 12.7. The van der Waals surface area contributed by atoms with Crippen LogP contribution in [0.5, 0.6) is 5.75 Å². The van der Waals surface area contributed by atoms with Crippen LogP contribution in [0, 0.1) is 0 Å². The van der Waals surface area contributed by atoms with Crippen LogP contribution in [-0.4, -0.2) is 37.2 Å². The lowest BCUT2D eigenvalue weighted by Gasteiger charge is -2.20. The third-order valence-corrected chi connectivity index (χ3v) is 2.80. The molecule has 5 nitrogen and oxygen atoms in total. The molecule has 18 heavy (non-hydrogen) atoms. The third-order valence-electron chi connectivity index (χ3n) is 2.80. The van der Waals surface area contributed by atoms with Gasteiger partial charge in [-0.1, -0.05) is 13.8 Å². The van der Waals surface area contributed by atoms with Gasteiger partial charge in [-0.15, -0.1) is 0 Å². The van der Waals surface area contributed by atoms with E-state index in [2.05, 4.69) is 24.3 Å². The van der Waals surface area contributed by atoms with Crippen molar-refractivity contribution >= 4 is 0 Å². The maximum atomic E-state index is 5.40. The average molecular weight is 255 g/mol. The molecule has 0 bridgehead atoms. The second kappa shape index (κ2) is 8.11. The Morgan fingerprint density at radius 1 is 1.33 bits per heavy atom. The third kappa shape index (κ3) is 3.71. The number of rotatable bonds is 9. The van der Waals surface area contributed by atoms with Gasteiger partial charge in [-0.2, -0.15) is 5.10 Å². The van der Waals surface area contributed by atoms with Gasteiger partial charge in [-0.05, 0) is 19.4 Å². The van der Waals surface area contributed by atoms with Gasteiger partial charge >= 0.3 is 0 Å². The van der Waals surface area contributed by atoms with Crippen molar-refractivity contribution in [3.63, 3.8) is 0 Å². The maximum Gasteiger partial charge on any atom is 0.161 e. The van der Waals surface area contributed by atoms with Crippen molar-refractivity contribution in [2.24, 2.45) is 0 Å². The molecule has 0 saturated carbocycles. The molecule has 0 aliphatic rings. The molecule has 1 aromatic rings. The number of ether oxygens (including phenoxy) is 2. The van der Waals surface area contributed by atoms with Crippen molar-refractivity contribution in [1.29, 1.82) is 0 Å². The normalized spacial score (nSPS) is 12.7. The number of nitrogens with one attached hydrogen (secondary N) is 1. The van der Waals surface area contributed by atoms with Gasteiger partial charge in [0.1, 0.15) is 0 Å². The van der Waals surface area contributed by atoms with Gasteiger partial charge in [-0.3, -0.25) is 4.68 Å². The van der Waals surface area contributed by atoms with E-state index in [1.54, 1.807) is 20.4 Å². The molecule has 0 spiro atoms. The number of aryl methyl sites for hydroxylation is 1. The first kappa shape index (κ1) is 15.0. The lowest BCUT2D eigenvalue weighted by molar-refractivity contribution is 0.161. The van der Waals surface area contributed by atoms with Crippen LogP contribution in [-0.2, 0) is 11.3 Å². The molecule has 0 aliphatic heterocycles. The molecule has 1 atom stereocenters. The molecule has 1 N–H and O–H groups in total. The first-order valence-corrected chi connectivity index (χ1v) is 6.60.